The van der Waals surface area contributed by atoms with Crippen molar-refractivity contribution in [2.45, 2.75) is 44.9 Å². The van der Waals surface area contributed by atoms with Crippen LogP contribution in [0.3, 0.4) is 0 Å². The summed E-state index contributed by atoms with van der Waals surface area (Å²) in [5.41, 5.74) is 1.32. The number of benzene rings is 1. The molecule has 4 bridgehead atoms. The first kappa shape index (κ1) is 15.6. The first-order valence-electron chi connectivity index (χ1n) is 9.09. The van der Waals surface area contributed by atoms with Gasteiger partial charge in [-0.1, -0.05) is 30.3 Å². The van der Waals surface area contributed by atoms with Crippen molar-refractivity contribution in [3.63, 3.8) is 0 Å². The van der Waals surface area contributed by atoms with Crippen LogP contribution in [-0.4, -0.2) is 12.2 Å². The lowest BCUT2D eigenvalue weighted by atomic mass is 9.49. The molecule has 0 spiro atoms. The molecule has 1 amide bonds. The molecule has 0 saturated heterocycles. The second-order valence-electron chi connectivity index (χ2n) is 8.21. The van der Waals surface area contributed by atoms with Crippen LogP contribution in [0.5, 0.6) is 0 Å². The van der Waals surface area contributed by atoms with Gasteiger partial charge in [0.1, 0.15) is 0 Å². The molecule has 0 aliphatic heterocycles. The molecule has 0 aromatic heterocycles. The highest BCUT2D eigenvalue weighted by atomic mass is 16.2. The Kier molecular flexibility index (Phi) is 4.03. The maximum absolute atomic E-state index is 12.6. The predicted octanol–water partition coefficient (Wildman–Crippen LogP) is 3.86. The molecular formula is C21H24NO2. The van der Waals surface area contributed by atoms with Gasteiger partial charge in [0.25, 0.3) is 6.29 Å². The van der Waals surface area contributed by atoms with Crippen molar-refractivity contribution in [1.29, 1.82) is 0 Å². The van der Waals surface area contributed by atoms with Crippen molar-refractivity contribution >= 4 is 18.3 Å². The van der Waals surface area contributed by atoms with E-state index in [9.17, 15) is 9.59 Å². The van der Waals surface area contributed by atoms with Crippen LogP contribution < -0.4 is 5.32 Å². The Labute approximate surface area is 143 Å². The third kappa shape index (κ3) is 3.17. The number of carbonyl (C=O) groups is 1. The van der Waals surface area contributed by atoms with Crippen LogP contribution in [0.2, 0.25) is 0 Å². The molecule has 125 valence electrons. The summed E-state index contributed by atoms with van der Waals surface area (Å²) in [5.74, 6) is 2.48. The summed E-state index contributed by atoms with van der Waals surface area (Å²) in [6, 6.07) is 9.55. The maximum Gasteiger partial charge on any atom is 0.251 e. The number of carbonyl (C=O) groups excluding carboxylic acids is 2. The molecule has 0 unspecified atom stereocenters. The predicted molar refractivity (Wildman–Crippen MR) is 93.5 cm³/mol. The van der Waals surface area contributed by atoms with Crippen molar-refractivity contribution in [1.82, 2.24) is 5.32 Å². The molecule has 0 atom stereocenters. The largest absolute Gasteiger partial charge is 0.323 e. The molecule has 4 fully saturated rings. The van der Waals surface area contributed by atoms with Crippen LogP contribution in [0, 0.1) is 23.2 Å². The lowest BCUT2D eigenvalue weighted by Crippen LogP contribution is -2.48. The quantitative estimate of drug-likeness (QED) is 0.837. The molecule has 4 aliphatic carbocycles. The van der Waals surface area contributed by atoms with E-state index < -0.39 is 0 Å². The van der Waals surface area contributed by atoms with Gasteiger partial charge in [0.15, 0.2) is 0 Å². The summed E-state index contributed by atoms with van der Waals surface area (Å²) >= 11 is 0. The van der Waals surface area contributed by atoms with E-state index >= 15 is 0 Å². The Morgan fingerprint density at radius 2 is 1.67 bits per heavy atom. The minimum Gasteiger partial charge on any atom is -0.323 e. The first-order valence-corrected chi connectivity index (χ1v) is 9.09. The lowest BCUT2D eigenvalue weighted by molar-refractivity contribution is -0.128. The van der Waals surface area contributed by atoms with E-state index in [2.05, 4.69) is 5.32 Å². The van der Waals surface area contributed by atoms with E-state index in [0.29, 0.717) is 6.42 Å². The van der Waals surface area contributed by atoms with E-state index in [4.69, 9.17) is 0 Å². The number of allylic oxidation sites excluding steroid dienone is 1. The maximum atomic E-state index is 12.6. The third-order valence-electron chi connectivity index (χ3n) is 6.20. The molecule has 24 heavy (non-hydrogen) atoms. The Balaban J connectivity index is 1.43. The normalized spacial score (nSPS) is 34.2. The molecule has 4 aliphatic rings. The van der Waals surface area contributed by atoms with Crippen molar-refractivity contribution in [3.8, 4) is 0 Å². The smallest absolute Gasteiger partial charge is 0.251 e. The van der Waals surface area contributed by atoms with Crippen molar-refractivity contribution in [3.05, 3.63) is 41.6 Å². The number of amides is 1. The zero-order chi connectivity index (χ0) is 16.6. The summed E-state index contributed by atoms with van der Waals surface area (Å²) in [7, 11) is 0. The van der Waals surface area contributed by atoms with Gasteiger partial charge in [-0.25, -0.2) is 0 Å². The average Bonchev–Trinajstić information content (AvgIpc) is 2.53. The molecule has 3 heteroatoms. The number of hydrogen-bond donors (Lipinski definition) is 1. The van der Waals surface area contributed by atoms with Gasteiger partial charge in [0, 0.05) is 6.42 Å². The minimum absolute atomic E-state index is 0.0255. The zero-order valence-corrected chi connectivity index (χ0v) is 14.0. The molecule has 3 nitrogen and oxygen atoms in total. The Bertz CT molecular complexity index is 626. The second-order valence-corrected chi connectivity index (χ2v) is 8.21. The fraction of sp³-hybridized carbons (Fsp3) is 0.524. The fourth-order valence-electron chi connectivity index (χ4n) is 5.85. The summed E-state index contributed by atoms with van der Waals surface area (Å²) in [4.78, 5) is 23.8. The number of hydrogen-bond acceptors (Lipinski definition) is 2. The van der Waals surface area contributed by atoms with Crippen molar-refractivity contribution in [2.75, 3.05) is 0 Å². The third-order valence-corrected chi connectivity index (χ3v) is 6.20. The summed E-state index contributed by atoms with van der Waals surface area (Å²) in [6.07, 6.45) is 11.9. The van der Waals surface area contributed by atoms with E-state index in [1.165, 1.54) is 38.5 Å². The molecule has 1 aromatic rings. The molecule has 1 N–H and O–H groups in total. The highest BCUT2D eigenvalue weighted by Crippen LogP contribution is 2.61. The van der Waals surface area contributed by atoms with Gasteiger partial charge in [-0.3, -0.25) is 9.59 Å². The monoisotopic (exact) mass is 322 g/mol. The highest BCUT2D eigenvalue weighted by Gasteiger charge is 2.51. The van der Waals surface area contributed by atoms with Crippen LogP contribution in [-0.2, 0) is 9.59 Å². The molecular weight excluding hydrogens is 298 g/mol. The Hall–Kier alpha value is -1.90. The van der Waals surface area contributed by atoms with Gasteiger partial charge in [0.05, 0.1) is 5.70 Å². The number of rotatable bonds is 5. The minimum atomic E-state index is -0.0255. The van der Waals surface area contributed by atoms with Crippen LogP contribution in [0.25, 0.3) is 6.08 Å². The van der Waals surface area contributed by atoms with E-state index in [1.807, 2.05) is 36.6 Å². The molecule has 0 heterocycles. The molecule has 1 aromatic carbocycles. The van der Waals surface area contributed by atoms with Crippen LogP contribution >= 0.6 is 0 Å². The Morgan fingerprint density at radius 1 is 1.08 bits per heavy atom. The van der Waals surface area contributed by atoms with E-state index in [-0.39, 0.29) is 17.0 Å². The van der Waals surface area contributed by atoms with Crippen LogP contribution in [0.4, 0.5) is 0 Å². The van der Waals surface area contributed by atoms with E-state index in [1.54, 1.807) is 6.08 Å². The van der Waals surface area contributed by atoms with Gasteiger partial charge in [-0.05, 0) is 73.3 Å². The van der Waals surface area contributed by atoms with Gasteiger partial charge in [-0.2, -0.15) is 0 Å². The van der Waals surface area contributed by atoms with Crippen LogP contribution in [0.1, 0.15) is 50.5 Å². The zero-order valence-electron chi connectivity index (χ0n) is 14.0. The molecule has 4 saturated carbocycles. The second kappa shape index (κ2) is 6.19. The topological polar surface area (TPSA) is 46.2 Å². The van der Waals surface area contributed by atoms with Crippen LogP contribution in [0.15, 0.2) is 36.0 Å². The SMILES string of the molecule is O=[C]C(=Cc1ccccc1)NC(=O)CC12CC3CC(CC(C3)C1)C2. The van der Waals surface area contributed by atoms with Gasteiger partial charge >= 0.3 is 0 Å². The van der Waals surface area contributed by atoms with Gasteiger partial charge in [-0.15, -0.1) is 0 Å². The summed E-state index contributed by atoms with van der Waals surface area (Å²) in [6.45, 7) is 0. The fourth-order valence-corrected chi connectivity index (χ4v) is 5.85. The number of nitrogens with one attached hydrogen (secondary N) is 1. The Morgan fingerprint density at radius 3 is 2.21 bits per heavy atom. The standard InChI is InChI=1S/C21H24NO2/c23-14-19(9-15-4-2-1-3-5-15)22-20(24)13-21-10-16-6-17(11-21)8-18(7-16)12-21/h1-5,9,16-18H,6-8,10-13H2,(H,22,24). The molecule has 1 radical (unpaired) electrons. The van der Waals surface area contributed by atoms with Gasteiger partial charge < -0.3 is 5.32 Å². The lowest BCUT2D eigenvalue weighted by Gasteiger charge is -2.56. The molecule has 5 rings (SSSR count). The first-order chi connectivity index (χ1) is 11.6. The highest BCUT2D eigenvalue weighted by molar-refractivity contribution is 5.90. The summed E-state index contributed by atoms with van der Waals surface area (Å²) < 4.78 is 0. The van der Waals surface area contributed by atoms with Crippen molar-refractivity contribution < 1.29 is 9.59 Å². The van der Waals surface area contributed by atoms with Gasteiger partial charge in [0.2, 0.25) is 5.91 Å². The van der Waals surface area contributed by atoms with E-state index in [0.717, 1.165) is 23.3 Å². The summed E-state index contributed by atoms with van der Waals surface area (Å²) in [5, 5.41) is 2.79. The average molecular weight is 322 g/mol. The van der Waals surface area contributed by atoms with Crippen molar-refractivity contribution in [2.24, 2.45) is 23.2 Å².